The third-order valence-corrected chi connectivity index (χ3v) is 6.55. The molecular weight excluding hydrogens is 489 g/mol. The first-order valence-corrected chi connectivity index (χ1v) is 12.4. The highest BCUT2D eigenvalue weighted by atomic mass is 32.1. The zero-order valence-corrected chi connectivity index (χ0v) is 22.0. The first-order valence-electron chi connectivity index (χ1n) is 12.0. The summed E-state index contributed by atoms with van der Waals surface area (Å²) in [4.78, 5) is 17.8. The first-order chi connectivity index (χ1) is 17.9. The number of aryl methyl sites for hydroxylation is 1. The highest BCUT2D eigenvalue weighted by Crippen LogP contribution is 2.27. The van der Waals surface area contributed by atoms with Gasteiger partial charge in [0.05, 0.1) is 20.8 Å². The maximum atomic E-state index is 13.5. The van der Waals surface area contributed by atoms with E-state index < -0.39 is 0 Å². The number of hydrogen-bond donors (Lipinski definition) is 2. The molecule has 0 radical (unpaired) electrons. The van der Waals surface area contributed by atoms with Crippen LogP contribution in [0.2, 0.25) is 0 Å². The largest absolute Gasteiger partial charge is 0.493 e. The monoisotopic (exact) mass is 519 g/mol. The summed E-state index contributed by atoms with van der Waals surface area (Å²) in [5, 5.41) is 4.77. The van der Waals surface area contributed by atoms with Crippen molar-refractivity contribution in [3.05, 3.63) is 105 Å². The van der Waals surface area contributed by atoms with Gasteiger partial charge in [0.25, 0.3) is 5.56 Å². The van der Waals surface area contributed by atoms with E-state index in [1.165, 1.54) is 12.1 Å². The van der Waals surface area contributed by atoms with E-state index in [4.69, 9.17) is 21.7 Å². The molecule has 0 aliphatic rings. The fraction of sp³-hybridized carbons (Fsp3) is 0.241. The van der Waals surface area contributed by atoms with Crippen molar-refractivity contribution < 1.29 is 13.9 Å². The summed E-state index contributed by atoms with van der Waals surface area (Å²) in [5.41, 5.74) is 4.28. The van der Waals surface area contributed by atoms with Gasteiger partial charge in [-0.05, 0) is 84.0 Å². The van der Waals surface area contributed by atoms with Crippen LogP contribution in [-0.4, -0.2) is 35.8 Å². The topological polar surface area (TPSA) is 66.6 Å². The Morgan fingerprint density at radius 1 is 0.946 bits per heavy atom. The smallest absolute Gasteiger partial charge is 0.253 e. The molecule has 0 saturated heterocycles. The van der Waals surface area contributed by atoms with E-state index in [2.05, 4.69) is 10.3 Å². The van der Waals surface area contributed by atoms with Crippen molar-refractivity contribution in [1.82, 2.24) is 15.2 Å². The van der Waals surface area contributed by atoms with Gasteiger partial charge in [0, 0.05) is 24.2 Å². The van der Waals surface area contributed by atoms with E-state index in [1.54, 1.807) is 26.4 Å². The number of nitrogens with zero attached hydrogens (tertiary/aromatic N) is 1. The number of H-pyrrole nitrogens is 1. The number of methoxy groups -OCH3 is 2. The number of rotatable bonds is 9. The summed E-state index contributed by atoms with van der Waals surface area (Å²) in [6.07, 6.45) is 0.709. The molecule has 0 bridgehead atoms. The molecule has 6 nitrogen and oxygen atoms in total. The predicted octanol–water partition coefficient (Wildman–Crippen LogP) is 5.11. The van der Waals surface area contributed by atoms with Gasteiger partial charge in [0.1, 0.15) is 5.82 Å². The Morgan fingerprint density at radius 3 is 2.41 bits per heavy atom. The highest BCUT2D eigenvalue weighted by molar-refractivity contribution is 7.80. The molecule has 2 N–H and O–H groups in total. The van der Waals surface area contributed by atoms with Crippen LogP contribution in [0.4, 0.5) is 4.39 Å². The van der Waals surface area contributed by atoms with Crippen LogP contribution in [-0.2, 0) is 19.5 Å². The number of halogens is 1. The number of benzene rings is 3. The van der Waals surface area contributed by atoms with Gasteiger partial charge in [-0.3, -0.25) is 4.79 Å². The number of nitrogens with one attached hydrogen (secondary N) is 2. The van der Waals surface area contributed by atoms with E-state index in [0.717, 1.165) is 27.6 Å². The van der Waals surface area contributed by atoms with Gasteiger partial charge in [0.2, 0.25) is 0 Å². The van der Waals surface area contributed by atoms with Crippen molar-refractivity contribution in [3.63, 3.8) is 0 Å². The SMILES string of the molecule is COc1ccc(CCNC(=S)N(Cc2ccc(F)cc2)Cc2cc3ccc(C)cc3[nH]c2=O)cc1OC. The Bertz CT molecular complexity index is 1450. The molecule has 0 spiro atoms. The summed E-state index contributed by atoms with van der Waals surface area (Å²) in [6, 6.07) is 20.0. The van der Waals surface area contributed by atoms with E-state index >= 15 is 0 Å². The molecule has 0 aliphatic carbocycles. The lowest BCUT2D eigenvalue weighted by Crippen LogP contribution is -2.40. The van der Waals surface area contributed by atoms with Crippen LogP contribution >= 0.6 is 12.2 Å². The van der Waals surface area contributed by atoms with Crippen molar-refractivity contribution in [2.24, 2.45) is 0 Å². The van der Waals surface area contributed by atoms with Crippen LogP contribution in [0.15, 0.2) is 71.5 Å². The molecule has 0 aliphatic heterocycles. The van der Waals surface area contributed by atoms with E-state index in [-0.39, 0.29) is 11.4 Å². The summed E-state index contributed by atoms with van der Waals surface area (Å²) in [5.74, 6) is 1.05. The highest BCUT2D eigenvalue weighted by Gasteiger charge is 2.15. The van der Waals surface area contributed by atoms with Gasteiger partial charge in [-0.25, -0.2) is 4.39 Å². The molecule has 0 atom stereocenters. The van der Waals surface area contributed by atoms with E-state index in [1.807, 2.05) is 54.3 Å². The number of thiocarbonyl (C=S) groups is 1. The third kappa shape index (κ3) is 6.65. The van der Waals surface area contributed by atoms with Crippen molar-refractivity contribution in [1.29, 1.82) is 0 Å². The number of hydrogen-bond acceptors (Lipinski definition) is 4. The van der Waals surface area contributed by atoms with Crippen LogP contribution in [0, 0.1) is 12.7 Å². The van der Waals surface area contributed by atoms with Crippen molar-refractivity contribution in [2.75, 3.05) is 20.8 Å². The van der Waals surface area contributed by atoms with E-state index in [9.17, 15) is 9.18 Å². The van der Waals surface area contributed by atoms with Crippen LogP contribution in [0.5, 0.6) is 11.5 Å². The van der Waals surface area contributed by atoms with Gasteiger partial charge in [-0.15, -0.1) is 0 Å². The average molecular weight is 520 g/mol. The second-order valence-electron chi connectivity index (χ2n) is 8.87. The minimum atomic E-state index is -0.299. The van der Waals surface area contributed by atoms with Crippen LogP contribution < -0.4 is 20.3 Å². The van der Waals surface area contributed by atoms with Gasteiger partial charge < -0.3 is 24.7 Å². The van der Waals surface area contributed by atoms with Crippen LogP contribution in [0.25, 0.3) is 10.9 Å². The minimum Gasteiger partial charge on any atom is -0.493 e. The second-order valence-corrected chi connectivity index (χ2v) is 9.25. The quantitative estimate of drug-likeness (QED) is 0.300. The molecular formula is C29H30FN3O3S. The van der Waals surface area contributed by atoms with Crippen molar-refractivity contribution in [2.45, 2.75) is 26.4 Å². The minimum absolute atomic E-state index is 0.157. The molecule has 4 aromatic rings. The molecule has 192 valence electrons. The number of fused-ring (bicyclic) bond motifs is 1. The molecule has 1 aromatic heterocycles. The normalized spacial score (nSPS) is 10.8. The molecule has 0 saturated carbocycles. The van der Waals surface area contributed by atoms with Gasteiger partial charge in [-0.1, -0.05) is 30.3 Å². The maximum Gasteiger partial charge on any atom is 0.253 e. The van der Waals surface area contributed by atoms with Gasteiger partial charge in [-0.2, -0.15) is 0 Å². The Hall–Kier alpha value is -3.91. The van der Waals surface area contributed by atoms with E-state index in [0.29, 0.717) is 48.2 Å². The fourth-order valence-corrected chi connectivity index (χ4v) is 4.39. The molecule has 4 rings (SSSR count). The first kappa shape index (κ1) is 26.2. The van der Waals surface area contributed by atoms with Gasteiger partial charge in [0.15, 0.2) is 16.6 Å². The zero-order valence-electron chi connectivity index (χ0n) is 21.1. The fourth-order valence-electron chi connectivity index (χ4n) is 4.15. The Labute approximate surface area is 221 Å². The number of aromatic amines is 1. The Morgan fingerprint density at radius 2 is 1.68 bits per heavy atom. The lowest BCUT2D eigenvalue weighted by molar-refractivity contribution is 0.354. The lowest BCUT2D eigenvalue weighted by atomic mass is 10.1. The summed E-state index contributed by atoms with van der Waals surface area (Å²) >= 11 is 5.74. The molecule has 0 amide bonds. The van der Waals surface area contributed by atoms with Crippen LogP contribution in [0.1, 0.15) is 22.3 Å². The Kier molecular flexibility index (Phi) is 8.40. The standard InChI is InChI=1S/C29H30FN3O3S/c1-19-4-8-22-16-23(28(34)32-25(22)14-19)18-33(17-21-5-9-24(30)10-6-21)29(37)31-13-12-20-7-11-26(35-2)27(15-20)36-3/h4-11,14-16H,12-13,17-18H2,1-3H3,(H,31,37)(H,32,34). The molecule has 3 aromatic carbocycles. The number of aromatic nitrogens is 1. The summed E-state index contributed by atoms with van der Waals surface area (Å²) in [7, 11) is 3.22. The average Bonchev–Trinajstić information content (AvgIpc) is 2.89. The molecule has 37 heavy (non-hydrogen) atoms. The predicted molar refractivity (Wildman–Crippen MR) is 149 cm³/mol. The molecule has 8 heteroatoms. The number of ether oxygens (including phenoxy) is 2. The lowest BCUT2D eigenvalue weighted by Gasteiger charge is -2.26. The third-order valence-electron chi connectivity index (χ3n) is 6.15. The van der Waals surface area contributed by atoms with Crippen LogP contribution in [0.3, 0.4) is 0 Å². The molecule has 0 unspecified atom stereocenters. The Balaban J connectivity index is 1.51. The molecule has 1 heterocycles. The van der Waals surface area contributed by atoms with Crippen molar-refractivity contribution >= 4 is 28.2 Å². The summed E-state index contributed by atoms with van der Waals surface area (Å²) < 4.78 is 24.2. The molecule has 0 fully saturated rings. The zero-order chi connectivity index (χ0) is 26.4. The van der Waals surface area contributed by atoms with Gasteiger partial charge >= 0.3 is 0 Å². The number of pyridine rings is 1. The maximum absolute atomic E-state index is 13.5. The van der Waals surface area contributed by atoms with Crippen molar-refractivity contribution in [3.8, 4) is 11.5 Å². The second kappa shape index (κ2) is 11.9. The summed E-state index contributed by atoms with van der Waals surface area (Å²) in [6.45, 7) is 3.30.